The first-order chi connectivity index (χ1) is 17.3. The molecule has 36 heavy (non-hydrogen) atoms. The van der Waals surface area contributed by atoms with Gasteiger partial charge in [0, 0.05) is 16.1 Å². The second-order valence-electron chi connectivity index (χ2n) is 8.15. The molecule has 0 radical (unpaired) electrons. The van der Waals surface area contributed by atoms with Crippen LogP contribution in [0.5, 0.6) is 0 Å². The van der Waals surface area contributed by atoms with Gasteiger partial charge in [-0.1, -0.05) is 28.9 Å². The Hall–Kier alpha value is -3.36. The fourth-order valence-electron chi connectivity index (χ4n) is 4.18. The van der Waals surface area contributed by atoms with Crippen LogP contribution in [0.25, 0.3) is 22.5 Å². The molecule has 14 heteroatoms. The summed E-state index contributed by atoms with van der Waals surface area (Å²) in [7, 11) is 0. The van der Waals surface area contributed by atoms with E-state index in [4.69, 9.17) is 16.3 Å². The van der Waals surface area contributed by atoms with Crippen molar-refractivity contribution < 1.29 is 33.2 Å². The number of hydrogen-bond donors (Lipinski definition) is 4. The highest BCUT2D eigenvalue weighted by Gasteiger charge is 2.48. The van der Waals surface area contributed by atoms with Crippen molar-refractivity contribution in [3.63, 3.8) is 0 Å². The second-order valence-corrected chi connectivity index (χ2v) is 8.59. The summed E-state index contributed by atoms with van der Waals surface area (Å²) >= 11 is 6.09. The van der Waals surface area contributed by atoms with Gasteiger partial charge in [-0.15, -0.1) is 5.10 Å². The monoisotopic (exact) mass is 522 g/mol. The van der Waals surface area contributed by atoms with E-state index in [1.54, 1.807) is 24.3 Å². The molecule has 188 valence electrons. The van der Waals surface area contributed by atoms with Gasteiger partial charge in [0.1, 0.15) is 47.5 Å². The summed E-state index contributed by atoms with van der Waals surface area (Å²) in [6.07, 6.45) is -4.07. The minimum absolute atomic E-state index is 0.0446. The highest BCUT2D eigenvalue weighted by molar-refractivity contribution is 6.30. The molecule has 0 bridgehead atoms. The average molecular weight is 523 g/mol. The van der Waals surface area contributed by atoms with Gasteiger partial charge in [-0.25, -0.2) is 17.9 Å². The number of H-pyrrole nitrogens is 1. The van der Waals surface area contributed by atoms with Crippen molar-refractivity contribution in [3.8, 4) is 22.5 Å². The van der Waals surface area contributed by atoms with Crippen LogP contribution in [0.3, 0.4) is 0 Å². The fraction of sp³-hybridized carbons (Fsp3) is 0.273. The van der Waals surface area contributed by atoms with E-state index < -0.39 is 54.5 Å². The molecule has 0 saturated carbocycles. The van der Waals surface area contributed by atoms with Crippen molar-refractivity contribution in [2.45, 2.75) is 30.5 Å². The molecule has 10 nitrogen and oxygen atoms in total. The Morgan fingerprint density at radius 2 is 1.78 bits per heavy atom. The van der Waals surface area contributed by atoms with Gasteiger partial charge in [-0.3, -0.25) is 0 Å². The highest BCUT2D eigenvalue weighted by atomic mass is 35.5. The third-order valence-corrected chi connectivity index (χ3v) is 6.17. The van der Waals surface area contributed by atoms with E-state index in [9.17, 15) is 28.5 Å². The van der Waals surface area contributed by atoms with Crippen LogP contribution < -0.4 is 0 Å². The molecule has 2 aromatic heterocycles. The van der Waals surface area contributed by atoms with Crippen LogP contribution in [0.15, 0.2) is 42.6 Å². The molecule has 2 aromatic carbocycles. The molecule has 1 saturated heterocycles. The first-order valence-electron chi connectivity index (χ1n) is 10.6. The maximum atomic E-state index is 13.7. The highest BCUT2D eigenvalue weighted by Crippen LogP contribution is 2.40. The van der Waals surface area contributed by atoms with Crippen molar-refractivity contribution in [1.82, 2.24) is 30.4 Å². The molecule has 3 heterocycles. The lowest BCUT2D eigenvalue weighted by Gasteiger charge is -2.41. The number of hydrogen-bond acceptors (Lipinski definition) is 8. The maximum Gasteiger partial charge on any atom is 0.194 e. The minimum Gasteiger partial charge on any atom is -0.394 e. The van der Waals surface area contributed by atoms with Crippen molar-refractivity contribution in [1.29, 1.82) is 0 Å². The number of halogens is 4. The lowest BCUT2D eigenvalue weighted by Crippen LogP contribution is -2.52. The Kier molecular flexibility index (Phi) is 6.49. The SMILES string of the molecule is OC[C@H]1O[C@@H](c2n[nH]nc2-c2cccc(Cl)c2)[C@H](O)[C@@H](n2cc(-c3cc(F)c(F)c(F)c3)nn2)[C@H]1O. The number of benzene rings is 2. The maximum absolute atomic E-state index is 13.7. The number of aliphatic hydroxyl groups excluding tert-OH is 3. The predicted octanol–water partition coefficient (Wildman–Crippen LogP) is 2.20. The molecule has 5 rings (SSSR count). The molecule has 1 fully saturated rings. The first-order valence-corrected chi connectivity index (χ1v) is 11.0. The molecule has 0 unspecified atom stereocenters. The predicted molar refractivity (Wildman–Crippen MR) is 118 cm³/mol. The lowest BCUT2D eigenvalue weighted by molar-refractivity contribution is -0.209. The summed E-state index contributed by atoms with van der Waals surface area (Å²) in [4.78, 5) is 0. The van der Waals surface area contributed by atoms with E-state index in [0.29, 0.717) is 16.3 Å². The number of aromatic amines is 1. The molecule has 0 spiro atoms. The number of aliphatic hydroxyl groups is 3. The molecule has 1 aliphatic heterocycles. The zero-order valence-electron chi connectivity index (χ0n) is 18.1. The van der Waals surface area contributed by atoms with Crippen LogP contribution in [0.1, 0.15) is 17.8 Å². The van der Waals surface area contributed by atoms with Crippen LogP contribution in [-0.2, 0) is 4.74 Å². The molecule has 4 aromatic rings. The van der Waals surface area contributed by atoms with Gasteiger partial charge in [-0.2, -0.15) is 15.4 Å². The van der Waals surface area contributed by atoms with E-state index >= 15 is 0 Å². The molecular formula is C22H18ClF3N6O4. The van der Waals surface area contributed by atoms with Gasteiger partial charge in [-0.05, 0) is 24.3 Å². The number of nitrogens with one attached hydrogen (secondary N) is 1. The summed E-state index contributed by atoms with van der Waals surface area (Å²) in [6, 6.07) is 7.01. The Morgan fingerprint density at radius 1 is 1.03 bits per heavy atom. The van der Waals surface area contributed by atoms with Crippen molar-refractivity contribution in [2.24, 2.45) is 0 Å². The fourth-order valence-corrected chi connectivity index (χ4v) is 4.37. The Bertz CT molecular complexity index is 1380. The normalized spacial score (nSPS) is 24.2. The van der Waals surface area contributed by atoms with Crippen LogP contribution in [-0.4, -0.2) is 70.6 Å². The van der Waals surface area contributed by atoms with Gasteiger partial charge < -0.3 is 20.1 Å². The van der Waals surface area contributed by atoms with Crippen LogP contribution >= 0.6 is 11.6 Å². The van der Waals surface area contributed by atoms with Crippen molar-refractivity contribution >= 4 is 11.6 Å². The zero-order chi connectivity index (χ0) is 25.6. The summed E-state index contributed by atoms with van der Waals surface area (Å²) in [6.45, 7) is -0.610. The van der Waals surface area contributed by atoms with Gasteiger partial charge in [0.2, 0.25) is 0 Å². The van der Waals surface area contributed by atoms with Gasteiger partial charge in [0.15, 0.2) is 17.5 Å². The Balaban J connectivity index is 1.52. The quantitative estimate of drug-likeness (QED) is 0.292. The van der Waals surface area contributed by atoms with Crippen LogP contribution in [0.2, 0.25) is 5.02 Å². The lowest BCUT2D eigenvalue weighted by atomic mass is 9.90. The molecule has 0 aliphatic carbocycles. The second kappa shape index (κ2) is 9.59. The molecule has 4 N–H and O–H groups in total. The largest absolute Gasteiger partial charge is 0.394 e. The summed E-state index contributed by atoms with van der Waals surface area (Å²) in [5.41, 5.74) is 0.933. The standard InChI is InChI=1S/C22H18ClF3N6O4/c23-11-3-1-2-9(4-11)17-18(29-30-28-17)22-21(35)19(20(34)15(8-33)36-22)32-7-14(27-31-32)10-5-12(24)16(26)13(25)6-10/h1-7,15,19-22,33-35H,8H2,(H,28,29,30)/t15-,19+,20+,21-,22+/m1/s1. The van der Waals surface area contributed by atoms with E-state index in [2.05, 4.69) is 25.7 Å². The van der Waals surface area contributed by atoms with E-state index in [-0.39, 0.29) is 17.0 Å². The number of ether oxygens (including phenoxy) is 1. The Labute approximate surface area is 205 Å². The van der Waals surface area contributed by atoms with Crippen LogP contribution in [0, 0.1) is 17.5 Å². The zero-order valence-corrected chi connectivity index (χ0v) is 18.9. The number of aromatic nitrogens is 6. The molecule has 5 atom stereocenters. The van der Waals surface area contributed by atoms with E-state index in [0.717, 1.165) is 16.8 Å². The van der Waals surface area contributed by atoms with Crippen molar-refractivity contribution in [2.75, 3.05) is 6.61 Å². The van der Waals surface area contributed by atoms with Crippen molar-refractivity contribution in [3.05, 3.63) is 70.8 Å². The summed E-state index contributed by atoms with van der Waals surface area (Å²) in [5.74, 6) is -4.45. The summed E-state index contributed by atoms with van der Waals surface area (Å²) in [5, 5.41) is 50.8. The first kappa shape index (κ1) is 24.3. The van der Waals surface area contributed by atoms with E-state index in [1.807, 2.05) is 0 Å². The third kappa shape index (κ3) is 4.24. The topological polar surface area (TPSA) is 142 Å². The molecule has 1 aliphatic rings. The minimum atomic E-state index is -1.63. The van der Waals surface area contributed by atoms with E-state index in [1.165, 1.54) is 6.20 Å². The van der Waals surface area contributed by atoms with Gasteiger partial charge >= 0.3 is 0 Å². The van der Waals surface area contributed by atoms with Gasteiger partial charge in [0.05, 0.1) is 12.8 Å². The molecule has 0 amide bonds. The number of rotatable bonds is 5. The summed E-state index contributed by atoms with van der Waals surface area (Å²) < 4.78 is 47.6. The third-order valence-electron chi connectivity index (χ3n) is 5.93. The van der Waals surface area contributed by atoms with Crippen LogP contribution in [0.4, 0.5) is 13.2 Å². The molecular weight excluding hydrogens is 505 g/mol. The average Bonchev–Trinajstić information content (AvgIpc) is 3.53. The van der Waals surface area contributed by atoms with Gasteiger partial charge in [0.25, 0.3) is 0 Å². The smallest absolute Gasteiger partial charge is 0.194 e. The Morgan fingerprint density at radius 3 is 2.47 bits per heavy atom. The number of nitrogens with zero attached hydrogens (tertiary/aromatic N) is 5.